The molecule has 0 radical (unpaired) electrons. The molecule has 1 saturated carbocycles. The average molecular weight is 475 g/mol. The van der Waals surface area contributed by atoms with Crippen molar-refractivity contribution in [3.05, 3.63) is 80.8 Å². The van der Waals surface area contributed by atoms with Crippen molar-refractivity contribution in [2.24, 2.45) is 13.0 Å². The molecular formula is C26H26N4O5. The molecule has 6 rings (SSSR count). The summed E-state index contributed by atoms with van der Waals surface area (Å²) in [5, 5.41) is 13.3. The van der Waals surface area contributed by atoms with Gasteiger partial charge in [-0.05, 0) is 35.1 Å². The van der Waals surface area contributed by atoms with Crippen LogP contribution in [0.15, 0.2) is 58.3 Å². The van der Waals surface area contributed by atoms with E-state index in [-0.39, 0.29) is 29.9 Å². The summed E-state index contributed by atoms with van der Waals surface area (Å²) in [5.41, 5.74) is 0.689. The van der Waals surface area contributed by atoms with E-state index in [1.54, 1.807) is 15.3 Å². The molecule has 2 aromatic carbocycles. The van der Waals surface area contributed by atoms with E-state index >= 15 is 0 Å². The van der Waals surface area contributed by atoms with Crippen LogP contribution in [0.25, 0.3) is 21.7 Å². The first-order chi connectivity index (χ1) is 16.9. The van der Waals surface area contributed by atoms with Gasteiger partial charge in [0.1, 0.15) is 18.4 Å². The van der Waals surface area contributed by atoms with E-state index in [0.717, 1.165) is 38.8 Å². The van der Waals surface area contributed by atoms with Gasteiger partial charge >= 0.3 is 5.69 Å². The normalized spacial score (nSPS) is 18.1. The van der Waals surface area contributed by atoms with Gasteiger partial charge in [0.05, 0.1) is 17.4 Å². The molecule has 0 bridgehead atoms. The van der Waals surface area contributed by atoms with E-state index in [4.69, 9.17) is 4.84 Å². The zero-order valence-electron chi connectivity index (χ0n) is 19.4. The Kier molecular flexibility index (Phi) is 5.12. The van der Waals surface area contributed by atoms with Crippen LogP contribution in [0.1, 0.15) is 28.9 Å². The van der Waals surface area contributed by atoms with E-state index in [2.05, 4.69) is 0 Å². The van der Waals surface area contributed by atoms with Gasteiger partial charge in [-0.25, -0.2) is 9.86 Å². The number of nitrogens with zero attached hydrogens (tertiary/aromatic N) is 4. The number of β-amino-alcohol motifs (C(OH)–C–C–N with tert-alkyl or cyclic N) is 1. The van der Waals surface area contributed by atoms with Crippen molar-refractivity contribution in [3.8, 4) is 0 Å². The van der Waals surface area contributed by atoms with Crippen LogP contribution in [0.2, 0.25) is 0 Å². The van der Waals surface area contributed by atoms with Gasteiger partial charge in [-0.1, -0.05) is 42.5 Å². The number of aliphatic hydroxyl groups excluding tert-OH is 1. The minimum Gasteiger partial charge on any atom is -0.389 e. The molecule has 0 spiro atoms. The smallest absolute Gasteiger partial charge is 0.331 e. The van der Waals surface area contributed by atoms with Crippen LogP contribution in [0.5, 0.6) is 0 Å². The van der Waals surface area contributed by atoms with Crippen LogP contribution in [0, 0.1) is 5.92 Å². The van der Waals surface area contributed by atoms with E-state index in [9.17, 15) is 19.5 Å². The van der Waals surface area contributed by atoms with Crippen LogP contribution in [-0.4, -0.2) is 49.0 Å². The Morgan fingerprint density at radius 1 is 1.11 bits per heavy atom. The highest BCUT2D eigenvalue weighted by atomic mass is 16.7. The third-order valence-electron chi connectivity index (χ3n) is 6.97. The van der Waals surface area contributed by atoms with Crippen molar-refractivity contribution in [3.63, 3.8) is 0 Å². The second-order valence-electron chi connectivity index (χ2n) is 9.52. The van der Waals surface area contributed by atoms with Crippen LogP contribution < -0.4 is 11.2 Å². The van der Waals surface area contributed by atoms with Crippen LogP contribution in [-0.2, 0) is 25.0 Å². The molecule has 9 heteroatoms. The molecule has 180 valence electrons. The van der Waals surface area contributed by atoms with Gasteiger partial charge in [-0.2, -0.15) is 0 Å². The van der Waals surface area contributed by atoms with Gasteiger partial charge < -0.3 is 9.67 Å². The van der Waals surface area contributed by atoms with Gasteiger partial charge in [0.15, 0.2) is 0 Å². The number of carbonyl (C=O) groups is 1. The van der Waals surface area contributed by atoms with Gasteiger partial charge in [0, 0.05) is 26.3 Å². The van der Waals surface area contributed by atoms with Crippen LogP contribution >= 0.6 is 0 Å². The number of aromatic nitrogens is 3. The molecular weight excluding hydrogens is 448 g/mol. The Morgan fingerprint density at radius 3 is 2.63 bits per heavy atom. The standard InChI is InChI=1S/C26H26N4O5/c1-27-24(32)22-21(29(26(27)34)11-16-9-10-16)14-28(23(22)25(33)30-13-19(31)15-35-30)12-18-7-4-6-17-5-2-3-8-20(17)18/h2-8,14,16,19,31H,9-13,15H2,1H3/t19-/m0/s1. The number of hydrogen-bond donors (Lipinski definition) is 1. The number of hydrogen-bond acceptors (Lipinski definition) is 5. The van der Waals surface area contributed by atoms with Gasteiger partial charge in [-0.15, -0.1) is 0 Å². The molecule has 1 atom stereocenters. The van der Waals surface area contributed by atoms with E-state index in [1.165, 1.54) is 7.05 Å². The maximum Gasteiger partial charge on any atom is 0.331 e. The zero-order chi connectivity index (χ0) is 24.3. The summed E-state index contributed by atoms with van der Waals surface area (Å²) in [6, 6.07) is 14.0. The summed E-state index contributed by atoms with van der Waals surface area (Å²) in [6.07, 6.45) is 3.03. The summed E-state index contributed by atoms with van der Waals surface area (Å²) in [4.78, 5) is 45.5. The second-order valence-corrected chi connectivity index (χ2v) is 9.52. The molecule has 4 aromatic rings. The molecule has 1 N–H and O–H groups in total. The highest BCUT2D eigenvalue weighted by Gasteiger charge is 2.33. The fraction of sp³-hybridized carbons (Fsp3) is 0.346. The lowest BCUT2D eigenvalue weighted by molar-refractivity contribution is -0.0784. The number of benzene rings is 2. The van der Waals surface area contributed by atoms with Gasteiger partial charge in [-0.3, -0.25) is 23.6 Å². The number of fused-ring (bicyclic) bond motifs is 2. The first-order valence-electron chi connectivity index (χ1n) is 11.8. The number of amides is 1. The predicted octanol–water partition coefficient (Wildman–Crippen LogP) is 1.86. The molecule has 1 aliphatic carbocycles. The van der Waals surface area contributed by atoms with Gasteiger partial charge in [0.2, 0.25) is 0 Å². The Bertz CT molecular complexity index is 1590. The zero-order valence-corrected chi connectivity index (χ0v) is 19.4. The minimum absolute atomic E-state index is 0.0120. The van der Waals surface area contributed by atoms with E-state index in [1.807, 2.05) is 42.5 Å². The summed E-state index contributed by atoms with van der Waals surface area (Å²) < 4.78 is 4.43. The average Bonchev–Trinajstić information content (AvgIpc) is 3.46. The molecule has 35 heavy (non-hydrogen) atoms. The van der Waals surface area contributed by atoms with Crippen molar-refractivity contribution in [2.45, 2.75) is 32.0 Å². The number of rotatable bonds is 5. The SMILES string of the molecule is Cn1c(=O)c2c(C(=O)N3C[C@H](O)CO3)n(Cc3cccc4ccccc34)cc2n(CC2CC2)c1=O. The molecule has 3 heterocycles. The lowest BCUT2D eigenvalue weighted by atomic mass is 10.0. The summed E-state index contributed by atoms with van der Waals surface area (Å²) in [5.74, 6) is -0.114. The Labute approximate surface area is 200 Å². The topological polar surface area (TPSA) is 98.7 Å². The van der Waals surface area contributed by atoms with Gasteiger partial charge in [0.25, 0.3) is 11.5 Å². The molecule has 2 aliphatic rings. The molecule has 2 aromatic heterocycles. The Balaban J connectivity index is 1.59. The molecule has 0 unspecified atom stereocenters. The molecule has 1 saturated heterocycles. The quantitative estimate of drug-likeness (QED) is 0.476. The first-order valence-corrected chi connectivity index (χ1v) is 11.8. The van der Waals surface area contributed by atoms with E-state index in [0.29, 0.717) is 24.5 Å². The lowest BCUT2D eigenvalue weighted by Crippen LogP contribution is -2.39. The maximum atomic E-state index is 13.7. The van der Waals surface area contributed by atoms with Crippen molar-refractivity contribution in [1.82, 2.24) is 18.8 Å². The highest BCUT2D eigenvalue weighted by Crippen LogP contribution is 2.32. The molecule has 2 fully saturated rings. The summed E-state index contributed by atoms with van der Waals surface area (Å²) in [7, 11) is 1.44. The van der Waals surface area contributed by atoms with E-state index < -0.39 is 17.6 Å². The number of hydroxylamine groups is 2. The predicted molar refractivity (Wildman–Crippen MR) is 130 cm³/mol. The molecule has 1 aliphatic heterocycles. The third-order valence-corrected chi connectivity index (χ3v) is 6.97. The fourth-order valence-corrected chi connectivity index (χ4v) is 4.93. The summed E-state index contributed by atoms with van der Waals surface area (Å²) in [6.45, 7) is 0.864. The first kappa shape index (κ1) is 21.8. The van der Waals surface area contributed by atoms with Crippen molar-refractivity contribution < 1.29 is 14.7 Å². The lowest BCUT2D eigenvalue weighted by Gasteiger charge is -2.17. The number of carbonyl (C=O) groups excluding carboxylic acids is 1. The van der Waals surface area contributed by atoms with Crippen molar-refractivity contribution in [2.75, 3.05) is 13.2 Å². The third kappa shape index (κ3) is 3.67. The van der Waals surface area contributed by atoms with Crippen LogP contribution in [0.4, 0.5) is 0 Å². The van der Waals surface area contributed by atoms with Crippen molar-refractivity contribution >= 4 is 27.6 Å². The number of aliphatic hydroxyl groups is 1. The monoisotopic (exact) mass is 474 g/mol. The Morgan fingerprint density at radius 2 is 1.89 bits per heavy atom. The molecule has 1 amide bonds. The minimum atomic E-state index is -0.789. The van der Waals surface area contributed by atoms with Crippen LogP contribution in [0.3, 0.4) is 0 Å². The fourth-order valence-electron chi connectivity index (χ4n) is 4.93. The Hall–Kier alpha value is -3.69. The second kappa shape index (κ2) is 8.21. The highest BCUT2D eigenvalue weighted by molar-refractivity contribution is 6.05. The maximum absolute atomic E-state index is 13.7. The largest absolute Gasteiger partial charge is 0.389 e. The van der Waals surface area contributed by atoms with Crippen molar-refractivity contribution in [1.29, 1.82) is 0 Å². The summed E-state index contributed by atoms with van der Waals surface area (Å²) >= 11 is 0. The molecule has 9 nitrogen and oxygen atoms in total.